The van der Waals surface area contributed by atoms with Crippen LogP contribution in [0.15, 0.2) is 24.3 Å². The first-order valence-electron chi connectivity index (χ1n) is 6.48. The van der Waals surface area contributed by atoms with Crippen molar-refractivity contribution in [3.63, 3.8) is 0 Å². The van der Waals surface area contributed by atoms with E-state index in [9.17, 15) is 4.79 Å². The van der Waals surface area contributed by atoms with Crippen molar-refractivity contribution in [3.05, 3.63) is 29.8 Å². The number of nitrogens with one attached hydrogen (secondary N) is 1. The van der Waals surface area contributed by atoms with E-state index in [1.54, 1.807) is 0 Å². The number of carboxylic acid groups (broad SMARTS) is 1. The number of aliphatic carboxylic acids is 1. The minimum absolute atomic E-state index is 0.0346. The summed E-state index contributed by atoms with van der Waals surface area (Å²) >= 11 is 0. The van der Waals surface area contributed by atoms with Crippen LogP contribution in [-0.4, -0.2) is 36.4 Å². The summed E-state index contributed by atoms with van der Waals surface area (Å²) in [6.45, 7) is 3.68. The molecular formula is C14H19NO4. The van der Waals surface area contributed by atoms with Crippen LogP contribution in [0.1, 0.15) is 18.9 Å². The van der Waals surface area contributed by atoms with Crippen molar-refractivity contribution >= 4 is 5.97 Å². The summed E-state index contributed by atoms with van der Waals surface area (Å²) in [5.74, 6) is 0.0342. The summed E-state index contributed by atoms with van der Waals surface area (Å²) in [5, 5.41) is 11.8. The normalized spacial score (nSPS) is 22.4. The molecular weight excluding hydrogens is 246 g/mol. The van der Waals surface area contributed by atoms with Crippen molar-refractivity contribution in [2.75, 3.05) is 13.2 Å². The van der Waals surface area contributed by atoms with E-state index in [0.717, 1.165) is 11.3 Å². The van der Waals surface area contributed by atoms with E-state index in [2.05, 4.69) is 5.32 Å². The van der Waals surface area contributed by atoms with Gasteiger partial charge in [0.25, 0.3) is 0 Å². The Morgan fingerprint density at radius 2 is 2.16 bits per heavy atom. The highest BCUT2D eigenvalue weighted by Crippen LogP contribution is 2.16. The maximum atomic E-state index is 10.8. The molecule has 1 saturated heterocycles. The number of ether oxygens (including phenoxy) is 2. The molecule has 0 bridgehead atoms. The number of benzene rings is 1. The van der Waals surface area contributed by atoms with Crippen molar-refractivity contribution < 1.29 is 19.4 Å². The molecule has 2 rings (SSSR count). The van der Waals surface area contributed by atoms with Crippen LogP contribution in [-0.2, 0) is 16.1 Å². The highest BCUT2D eigenvalue weighted by molar-refractivity contribution is 5.73. The zero-order chi connectivity index (χ0) is 13.7. The third-order valence-corrected chi connectivity index (χ3v) is 3.11. The van der Waals surface area contributed by atoms with Gasteiger partial charge in [-0.2, -0.15) is 0 Å². The number of carbonyl (C=O) groups is 1. The van der Waals surface area contributed by atoms with E-state index >= 15 is 0 Å². The third kappa shape index (κ3) is 3.94. The first-order chi connectivity index (χ1) is 9.19. The molecule has 0 aromatic heterocycles. The molecule has 1 heterocycles. The molecule has 5 nitrogen and oxygen atoms in total. The monoisotopic (exact) mass is 265 g/mol. The minimum Gasteiger partial charge on any atom is -0.494 e. The van der Waals surface area contributed by atoms with Gasteiger partial charge in [-0.25, -0.2) is 0 Å². The predicted octanol–water partition coefficient (Wildman–Crippen LogP) is 1.42. The Bertz CT molecular complexity index is 418. The van der Waals surface area contributed by atoms with Crippen LogP contribution in [0, 0.1) is 0 Å². The highest BCUT2D eigenvalue weighted by atomic mass is 16.5. The van der Waals surface area contributed by atoms with Gasteiger partial charge < -0.3 is 19.9 Å². The van der Waals surface area contributed by atoms with Crippen molar-refractivity contribution in [1.29, 1.82) is 0 Å². The van der Waals surface area contributed by atoms with Crippen LogP contribution in [0.2, 0.25) is 0 Å². The molecule has 2 unspecified atom stereocenters. The van der Waals surface area contributed by atoms with Gasteiger partial charge in [-0.05, 0) is 24.6 Å². The summed E-state index contributed by atoms with van der Waals surface area (Å²) in [6, 6.07) is 7.26. The fourth-order valence-electron chi connectivity index (χ4n) is 2.08. The molecule has 104 valence electrons. The minimum atomic E-state index is -0.813. The molecule has 0 amide bonds. The van der Waals surface area contributed by atoms with Crippen molar-refractivity contribution in [2.24, 2.45) is 0 Å². The number of rotatable bonds is 6. The Hall–Kier alpha value is -1.59. The Balaban J connectivity index is 1.78. The third-order valence-electron chi connectivity index (χ3n) is 3.11. The van der Waals surface area contributed by atoms with Gasteiger partial charge in [-0.1, -0.05) is 12.1 Å². The molecule has 1 aromatic carbocycles. The summed E-state index contributed by atoms with van der Waals surface area (Å²) < 4.78 is 11.1. The van der Waals surface area contributed by atoms with E-state index < -0.39 is 12.0 Å². The lowest BCUT2D eigenvalue weighted by Gasteiger charge is -2.11. The molecule has 19 heavy (non-hydrogen) atoms. The van der Waals surface area contributed by atoms with Gasteiger partial charge in [0.1, 0.15) is 11.8 Å². The SMILES string of the molecule is CCOc1ccc(COC2CNC(C(=O)O)C2)cc1. The van der Waals surface area contributed by atoms with E-state index in [1.807, 2.05) is 31.2 Å². The van der Waals surface area contributed by atoms with Crippen molar-refractivity contribution in [2.45, 2.75) is 32.1 Å². The topological polar surface area (TPSA) is 67.8 Å². The molecule has 0 spiro atoms. The van der Waals surface area contributed by atoms with Crippen molar-refractivity contribution in [3.8, 4) is 5.75 Å². The second kappa shape index (κ2) is 6.54. The van der Waals surface area contributed by atoms with Gasteiger partial charge in [0.15, 0.2) is 0 Å². The van der Waals surface area contributed by atoms with Gasteiger partial charge in [-0.3, -0.25) is 4.79 Å². The molecule has 2 atom stereocenters. The zero-order valence-electron chi connectivity index (χ0n) is 11.0. The van der Waals surface area contributed by atoms with Gasteiger partial charge in [0.2, 0.25) is 0 Å². The second-order valence-corrected chi connectivity index (χ2v) is 4.54. The van der Waals surface area contributed by atoms with Crippen LogP contribution in [0.5, 0.6) is 5.75 Å². The molecule has 1 aliphatic rings. The van der Waals surface area contributed by atoms with Gasteiger partial charge in [0.05, 0.1) is 19.3 Å². The maximum Gasteiger partial charge on any atom is 0.320 e. The molecule has 1 aromatic rings. The van der Waals surface area contributed by atoms with E-state index in [1.165, 1.54) is 0 Å². The molecule has 0 aliphatic carbocycles. The molecule has 1 fully saturated rings. The fourth-order valence-corrected chi connectivity index (χ4v) is 2.08. The first kappa shape index (κ1) is 13.8. The summed E-state index contributed by atoms with van der Waals surface area (Å²) in [7, 11) is 0. The lowest BCUT2D eigenvalue weighted by molar-refractivity contribution is -0.139. The molecule has 5 heteroatoms. The van der Waals surface area contributed by atoms with Crippen LogP contribution in [0.25, 0.3) is 0 Å². The average molecular weight is 265 g/mol. The van der Waals surface area contributed by atoms with E-state index in [-0.39, 0.29) is 6.10 Å². The Kier molecular flexibility index (Phi) is 4.76. The number of carboxylic acids is 1. The van der Waals surface area contributed by atoms with Crippen LogP contribution >= 0.6 is 0 Å². The molecule has 0 radical (unpaired) electrons. The second-order valence-electron chi connectivity index (χ2n) is 4.54. The van der Waals surface area contributed by atoms with E-state index in [0.29, 0.717) is 26.2 Å². The maximum absolute atomic E-state index is 10.8. The predicted molar refractivity (Wildman–Crippen MR) is 70.2 cm³/mol. The first-order valence-corrected chi connectivity index (χ1v) is 6.48. The fraction of sp³-hybridized carbons (Fsp3) is 0.500. The Labute approximate surface area is 112 Å². The Morgan fingerprint density at radius 1 is 1.42 bits per heavy atom. The smallest absolute Gasteiger partial charge is 0.320 e. The number of hydrogen-bond donors (Lipinski definition) is 2. The van der Waals surface area contributed by atoms with Gasteiger partial charge in [-0.15, -0.1) is 0 Å². The van der Waals surface area contributed by atoms with Crippen LogP contribution < -0.4 is 10.1 Å². The number of hydrogen-bond acceptors (Lipinski definition) is 4. The largest absolute Gasteiger partial charge is 0.494 e. The quantitative estimate of drug-likeness (QED) is 0.814. The van der Waals surface area contributed by atoms with Crippen LogP contribution in [0.3, 0.4) is 0 Å². The lowest BCUT2D eigenvalue weighted by Crippen LogP contribution is -2.29. The lowest BCUT2D eigenvalue weighted by atomic mass is 10.2. The summed E-state index contributed by atoms with van der Waals surface area (Å²) in [5.41, 5.74) is 1.06. The average Bonchev–Trinajstić information content (AvgIpc) is 2.87. The highest BCUT2D eigenvalue weighted by Gasteiger charge is 2.29. The molecule has 2 N–H and O–H groups in total. The van der Waals surface area contributed by atoms with Crippen molar-refractivity contribution in [1.82, 2.24) is 5.32 Å². The molecule has 0 saturated carbocycles. The standard InChI is InChI=1S/C14H19NO4/c1-2-18-11-5-3-10(4-6-11)9-19-12-7-13(14(16)17)15-8-12/h3-6,12-13,15H,2,7-9H2,1H3,(H,16,17). The summed E-state index contributed by atoms with van der Waals surface area (Å²) in [6.07, 6.45) is 0.486. The van der Waals surface area contributed by atoms with Gasteiger partial charge >= 0.3 is 5.97 Å². The van der Waals surface area contributed by atoms with E-state index in [4.69, 9.17) is 14.6 Å². The zero-order valence-corrected chi connectivity index (χ0v) is 11.0. The van der Waals surface area contributed by atoms with Crippen LogP contribution in [0.4, 0.5) is 0 Å². The molecule has 1 aliphatic heterocycles. The van der Waals surface area contributed by atoms with Gasteiger partial charge in [0, 0.05) is 13.0 Å². The summed E-state index contributed by atoms with van der Waals surface area (Å²) in [4.78, 5) is 10.8. The Morgan fingerprint density at radius 3 is 2.74 bits per heavy atom.